The summed E-state index contributed by atoms with van der Waals surface area (Å²) >= 11 is 0. The molecule has 0 heterocycles. The van der Waals surface area contributed by atoms with E-state index >= 15 is 0 Å². The Hall–Kier alpha value is -0.0800. The van der Waals surface area contributed by atoms with Gasteiger partial charge in [-0.2, -0.15) is 0 Å². The molecule has 0 saturated carbocycles. The lowest BCUT2D eigenvalue weighted by Gasteiger charge is -2.34. The summed E-state index contributed by atoms with van der Waals surface area (Å²) in [5.41, 5.74) is 5.98. The smallest absolute Gasteiger partial charge is 0.0221 e. The van der Waals surface area contributed by atoms with Gasteiger partial charge in [-0.05, 0) is 26.3 Å². The van der Waals surface area contributed by atoms with Crippen LogP contribution in [-0.4, -0.2) is 30.1 Å². The van der Waals surface area contributed by atoms with E-state index < -0.39 is 0 Å². The minimum absolute atomic E-state index is 0.593. The highest BCUT2D eigenvalue weighted by Crippen LogP contribution is 2.15. The number of unbranched alkanes of at least 4 members (excludes halogenated alkanes) is 6. The van der Waals surface area contributed by atoms with Crippen molar-refractivity contribution in [2.24, 2.45) is 5.73 Å². The molecule has 19 heavy (non-hydrogen) atoms. The molecule has 0 aliphatic carbocycles. The second kappa shape index (κ2) is 12.9. The molecule has 0 rings (SSSR count). The Bertz CT molecular complexity index is 182. The zero-order valence-corrected chi connectivity index (χ0v) is 14.0. The maximum atomic E-state index is 5.98. The van der Waals surface area contributed by atoms with Gasteiger partial charge in [-0.25, -0.2) is 0 Å². The molecule has 0 aliphatic heterocycles. The van der Waals surface area contributed by atoms with Crippen molar-refractivity contribution in [1.29, 1.82) is 0 Å². The fourth-order valence-electron chi connectivity index (χ4n) is 2.92. The van der Waals surface area contributed by atoms with Gasteiger partial charge in [0.25, 0.3) is 0 Å². The lowest BCUT2D eigenvalue weighted by Crippen LogP contribution is -2.45. The Morgan fingerprint density at radius 1 is 0.895 bits per heavy atom. The Labute approximate surface area is 122 Å². The number of hydrogen-bond acceptors (Lipinski definition) is 2. The molecular formula is C17H38N2. The normalized spacial score (nSPS) is 14.8. The lowest BCUT2D eigenvalue weighted by atomic mass is 10.0. The van der Waals surface area contributed by atoms with Crippen molar-refractivity contribution >= 4 is 0 Å². The van der Waals surface area contributed by atoms with E-state index in [9.17, 15) is 0 Å². The van der Waals surface area contributed by atoms with Crippen molar-refractivity contribution in [1.82, 2.24) is 4.90 Å². The third kappa shape index (κ3) is 8.65. The van der Waals surface area contributed by atoms with Crippen LogP contribution in [0.3, 0.4) is 0 Å². The van der Waals surface area contributed by atoms with E-state index in [1.807, 2.05) is 0 Å². The second-order valence-corrected chi connectivity index (χ2v) is 5.89. The second-order valence-electron chi connectivity index (χ2n) is 5.89. The highest BCUT2D eigenvalue weighted by molar-refractivity contribution is 4.76. The van der Waals surface area contributed by atoms with Crippen LogP contribution < -0.4 is 5.73 Å². The van der Waals surface area contributed by atoms with E-state index in [1.165, 1.54) is 57.8 Å². The topological polar surface area (TPSA) is 29.3 Å². The van der Waals surface area contributed by atoms with Crippen LogP contribution in [0.1, 0.15) is 85.5 Å². The van der Waals surface area contributed by atoms with Crippen LogP contribution in [0, 0.1) is 0 Å². The maximum absolute atomic E-state index is 5.98. The Morgan fingerprint density at radius 3 is 1.95 bits per heavy atom. The molecule has 2 heteroatoms. The molecule has 0 aliphatic rings. The molecule has 0 fully saturated rings. The van der Waals surface area contributed by atoms with Gasteiger partial charge in [-0.15, -0.1) is 0 Å². The van der Waals surface area contributed by atoms with E-state index in [0.29, 0.717) is 12.1 Å². The molecule has 0 spiro atoms. The van der Waals surface area contributed by atoms with Crippen LogP contribution in [0.5, 0.6) is 0 Å². The number of nitrogens with two attached hydrogens (primary N) is 1. The summed E-state index contributed by atoms with van der Waals surface area (Å²) in [6.07, 6.45) is 12.2. The Kier molecular flexibility index (Phi) is 12.9. The van der Waals surface area contributed by atoms with Gasteiger partial charge in [0.05, 0.1) is 0 Å². The summed E-state index contributed by atoms with van der Waals surface area (Å²) in [7, 11) is 0. The van der Waals surface area contributed by atoms with Crippen LogP contribution in [0.15, 0.2) is 0 Å². The molecule has 0 radical (unpaired) electrons. The highest BCUT2D eigenvalue weighted by Gasteiger charge is 2.19. The van der Waals surface area contributed by atoms with Gasteiger partial charge >= 0.3 is 0 Å². The van der Waals surface area contributed by atoms with Crippen molar-refractivity contribution in [2.45, 2.75) is 97.6 Å². The van der Waals surface area contributed by atoms with Gasteiger partial charge in [-0.1, -0.05) is 65.7 Å². The van der Waals surface area contributed by atoms with E-state index in [1.54, 1.807) is 0 Å². The van der Waals surface area contributed by atoms with Crippen LogP contribution in [0.4, 0.5) is 0 Å². The van der Waals surface area contributed by atoms with Crippen molar-refractivity contribution < 1.29 is 0 Å². The van der Waals surface area contributed by atoms with Gasteiger partial charge < -0.3 is 5.73 Å². The highest BCUT2D eigenvalue weighted by atomic mass is 15.2. The first kappa shape index (κ1) is 18.9. The Morgan fingerprint density at radius 2 is 1.47 bits per heavy atom. The third-order valence-corrected chi connectivity index (χ3v) is 4.40. The standard InChI is InChI=1S/C17H38N2/c1-5-8-9-10-11-12-13-14-17(15-18)19(7-3)16(4)6-2/h16-17H,5-15,18H2,1-4H3. The van der Waals surface area contributed by atoms with E-state index in [2.05, 4.69) is 32.6 Å². The number of nitrogens with zero attached hydrogens (tertiary/aromatic N) is 1. The van der Waals surface area contributed by atoms with Crippen molar-refractivity contribution in [2.75, 3.05) is 13.1 Å². The summed E-state index contributed by atoms with van der Waals surface area (Å²) in [5.74, 6) is 0. The molecule has 2 atom stereocenters. The van der Waals surface area contributed by atoms with Gasteiger partial charge in [0.15, 0.2) is 0 Å². The van der Waals surface area contributed by atoms with Gasteiger partial charge in [0, 0.05) is 18.6 Å². The SMILES string of the molecule is CCCCCCCCCC(CN)N(CC)C(C)CC. The first-order valence-electron chi connectivity index (χ1n) is 8.66. The molecule has 0 amide bonds. The summed E-state index contributed by atoms with van der Waals surface area (Å²) in [5, 5.41) is 0. The van der Waals surface area contributed by atoms with Crippen LogP contribution in [0.25, 0.3) is 0 Å². The maximum Gasteiger partial charge on any atom is 0.0221 e. The van der Waals surface area contributed by atoms with E-state index in [4.69, 9.17) is 5.73 Å². The molecule has 0 aromatic rings. The number of hydrogen-bond donors (Lipinski definition) is 1. The third-order valence-electron chi connectivity index (χ3n) is 4.40. The van der Waals surface area contributed by atoms with Crippen LogP contribution in [-0.2, 0) is 0 Å². The summed E-state index contributed by atoms with van der Waals surface area (Å²) in [4.78, 5) is 2.59. The Balaban J connectivity index is 3.79. The minimum atomic E-state index is 0.593. The molecule has 2 N–H and O–H groups in total. The largest absolute Gasteiger partial charge is 0.329 e. The van der Waals surface area contributed by atoms with Crippen molar-refractivity contribution in [3.63, 3.8) is 0 Å². The summed E-state index contributed by atoms with van der Waals surface area (Å²) in [6, 6.07) is 1.26. The summed E-state index contributed by atoms with van der Waals surface area (Å²) in [6.45, 7) is 11.1. The first-order chi connectivity index (χ1) is 9.21. The fourth-order valence-corrected chi connectivity index (χ4v) is 2.92. The van der Waals surface area contributed by atoms with E-state index in [-0.39, 0.29) is 0 Å². The quantitative estimate of drug-likeness (QED) is 0.497. The lowest BCUT2D eigenvalue weighted by molar-refractivity contribution is 0.142. The number of rotatable bonds is 13. The summed E-state index contributed by atoms with van der Waals surface area (Å²) < 4.78 is 0. The van der Waals surface area contributed by atoms with Crippen LogP contribution >= 0.6 is 0 Å². The minimum Gasteiger partial charge on any atom is -0.329 e. The van der Waals surface area contributed by atoms with Crippen molar-refractivity contribution in [3.05, 3.63) is 0 Å². The average molecular weight is 271 g/mol. The fraction of sp³-hybridized carbons (Fsp3) is 1.00. The zero-order valence-electron chi connectivity index (χ0n) is 14.0. The first-order valence-corrected chi connectivity index (χ1v) is 8.66. The molecule has 2 unspecified atom stereocenters. The van der Waals surface area contributed by atoms with Gasteiger partial charge in [0.1, 0.15) is 0 Å². The van der Waals surface area contributed by atoms with Gasteiger partial charge in [0.2, 0.25) is 0 Å². The number of likely N-dealkylation sites (N-methyl/N-ethyl adjacent to an activating group) is 1. The molecule has 0 aromatic heterocycles. The average Bonchev–Trinajstić information content (AvgIpc) is 2.44. The molecule has 2 nitrogen and oxygen atoms in total. The monoisotopic (exact) mass is 270 g/mol. The van der Waals surface area contributed by atoms with Crippen molar-refractivity contribution in [3.8, 4) is 0 Å². The predicted molar refractivity (Wildman–Crippen MR) is 87.6 cm³/mol. The predicted octanol–water partition coefficient (Wildman–Crippen LogP) is 4.57. The zero-order chi connectivity index (χ0) is 14.5. The van der Waals surface area contributed by atoms with Gasteiger partial charge in [-0.3, -0.25) is 4.90 Å². The molecule has 0 saturated heterocycles. The molecule has 0 aromatic carbocycles. The van der Waals surface area contributed by atoms with Crippen LogP contribution in [0.2, 0.25) is 0 Å². The molecule has 116 valence electrons. The molecular weight excluding hydrogens is 232 g/mol. The molecule has 0 bridgehead atoms. The van der Waals surface area contributed by atoms with E-state index in [0.717, 1.165) is 13.1 Å².